The van der Waals surface area contributed by atoms with Gasteiger partial charge in [0.25, 0.3) is 0 Å². The lowest BCUT2D eigenvalue weighted by atomic mass is 10.0. The van der Waals surface area contributed by atoms with Crippen molar-refractivity contribution in [2.45, 2.75) is 32.0 Å². The fourth-order valence-electron chi connectivity index (χ4n) is 2.12. The number of aromatic amines is 2. The van der Waals surface area contributed by atoms with Crippen molar-refractivity contribution in [2.75, 3.05) is 6.54 Å². The number of aromatic nitrogens is 2. The van der Waals surface area contributed by atoms with Crippen molar-refractivity contribution in [1.82, 2.24) is 15.3 Å². The minimum atomic E-state index is -4.24. The highest BCUT2D eigenvalue weighted by atomic mass is 19.4. The van der Waals surface area contributed by atoms with Gasteiger partial charge < -0.3 is 15.3 Å². The molecule has 0 aliphatic heterocycles. The van der Waals surface area contributed by atoms with E-state index in [1.165, 1.54) is 0 Å². The first kappa shape index (κ1) is 14.6. The van der Waals surface area contributed by atoms with Crippen molar-refractivity contribution in [3.63, 3.8) is 0 Å². The molecule has 3 N–H and O–H groups in total. The summed E-state index contributed by atoms with van der Waals surface area (Å²) < 4.78 is 37.9. The summed E-state index contributed by atoms with van der Waals surface area (Å²) in [5.41, 5.74) is 1.24. The average molecular weight is 287 g/mol. The normalized spacial score (nSPS) is 13.8. The molecular formula is C13H16F3N3O. The highest BCUT2D eigenvalue weighted by molar-refractivity contribution is 5.75. The number of rotatable bonds is 5. The molecule has 0 bridgehead atoms. The summed E-state index contributed by atoms with van der Waals surface area (Å²) in [5.74, 6) is 0. The summed E-state index contributed by atoms with van der Waals surface area (Å²) in [6.07, 6.45) is -4.43. The highest BCUT2D eigenvalue weighted by Gasteiger charge is 2.32. The first-order valence-corrected chi connectivity index (χ1v) is 6.41. The van der Waals surface area contributed by atoms with Gasteiger partial charge in [0.2, 0.25) is 0 Å². The summed E-state index contributed by atoms with van der Waals surface area (Å²) in [5, 5.41) is 2.89. The first-order chi connectivity index (χ1) is 9.39. The molecule has 0 saturated heterocycles. The van der Waals surface area contributed by atoms with E-state index in [-0.39, 0.29) is 5.69 Å². The van der Waals surface area contributed by atoms with Gasteiger partial charge in [0.05, 0.1) is 17.5 Å². The van der Waals surface area contributed by atoms with Crippen LogP contribution in [0.1, 0.15) is 31.4 Å². The van der Waals surface area contributed by atoms with E-state index in [4.69, 9.17) is 0 Å². The smallest absolute Gasteiger partial charge is 0.310 e. The number of hydrogen-bond acceptors (Lipinski definition) is 2. The summed E-state index contributed by atoms with van der Waals surface area (Å²) in [7, 11) is 0. The van der Waals surface area contributed by atoms with E-state index in [2.05, 4.69) is 15.3 Å². The number of alkyl halides is 3. The Morgan fingerprint density at radius 2 is 1.95 bits per heavy atom. The molecule has 1 heterocycles. The molecule has 2 aromatic rings. The lowest BCUT2D eigenvalue weighted by Gasteiger charge is -2.20. The Labute approximate surface area is 113 Å². The predicted molar refractivity (Wildman–Crippen MR) is 70.6 cm³/mol. The average Bonchev–Trinajstić information content (AvgIpc) is 2.72. The van der Waals surface area contributed by atoms with Gasteiger partial charge in [-0.3, -0.25) is 0 Å². The molecule has 4 nitrogen and oxygen atoms in total. The molecule has 0 aliphatic carbocycles. The van der Waals surface area contributed by atoms with E-state index >= 15 is 0 Å². The van der Waals surface area contributed by atoms with Gasteiger partial charge in [-0.1, -0.05) is 13.0 Å². The van der Waals surface area contributed by atoms with Crippen LogP contribution >= 0.6 is 0 Å². The lowest BCUT2D eigenvalue weighted by Crippen LogP contribution is -2.27. The molecule has 1 aromatic heterocycles. The van der Waals surface area contributed by atoms with E-state index in [1.54, 1.807) is 18.2 Å². The molecule has 1 atom stereocenters. The van der Waals surface area contributed by atoms with Crippen LogP contribution in [-0.4, -0.2) is 22.7 Å². The number of nitrogens with one attached hydrogen (secondary N) is 3. The van der Waals surface area contributed by atoms with Gasteiger partial charge in [-0.15, -0.1) is 0 Å². The third-order valence-electron chi connectivity index (χ3n) is 3.02. The first-order valence-electron chi connectivity index (χ1n) is 6.41. The Morgan fingerprint density at radius 1 is 1.25 bits per heavy atom. The van der Waals surface area contributed by atoms with Gasteiger partial charge in [-0.25, -0.2) is 4.79 Å². The minimum Gasteiger partial charge on any atom is -0.310 e. The maximum absolute atomic E-state index is 12.6. The second kappa shape index (κ2) is 5.70. The second-order valence-electron chi connectivity index (χ2n) is 4.71. The van der Waals surface area contributed by atoms with Crippen LogP contribution in [0.4, 0.5) is 13.2 Å². The van der Waals surface area contributed by atoms with Crippen molar-refractivity contribution in [2.24, 2.45) is 0 Å². The number of halogens is 3. The molecule has 20 heavy (non-hydrogen) atoms. The van der Waals surface area contributed by atoms with E-state index in [0.29, 0.717) is 23.1 Å². The molecule has 0 aliphatic rings. The summed E-state index contributed by atoms with van der Waals surface area (Å²) in [6.45, 7) is 2.40. The summed E-state index contributed by atoms with van der Waals surface area (Å²) in [6, 6.07) is 3.98. The van der Waals surface area contributed by atoms with E-state index in [0.717, 1.165) is 6.42 Å². The third-order valence-corrected chi connectivity index (χ3v) is 3.02. The van der Waals surface area contributed by atoms with Crippen LogP contribution in [0.15, 0.2) is 23.0 Å². The summed E-state index contributed by atoms with van der Waals surface area (Å²) in [4.78, 5) is 16.3. The van der Waals surface area contributed by atoms with Gasteiger partial charge in [-0.05, 0) is 30.7 Å². The van der Waals surface area contributed by atoms with Crippen molar-refractivity contribution < 1.29 is 13.2 Å². The number of H-pyrrole nitrogens is 2. The van der Waals surface area contributed by atoms with Crippen LogP contribution < -0.4 is 11.0 Å². The predicted octanol–water partition coefficient (Wildman–Crippen LogP) is 2.85. The number of hydrogen-bond donors (Lipinski definition) is 3. The Kier molecular flexibility index (Phi) is 4.17. The third kappa shape index (κ3) is 3.63. The monoisotopic (exact) mass is 287 g/mol. The van der Waals surface area contributed by atoms with Crippen molar-refractivity contribution in [1.29, 1.82) is 0 Å². The maximum Gasteiger partial charge on any atom is 0.390 e. The zero-order valence-corrected chi connectivity index (χ0v) is 11.0. The SMILES string of the molecule is CCCNC(CC(F)(F)F)c1ccc2[nH]c(=O)[nH]c2c1. The molecule has 0 fully saturated rings. The van der Waals surface area contributed by atoms with Gasteiger partial charge >= 0.3 is 11.9 Å². The van der Waals surface area contributed by atoms with Crippen LogP contribution in [0, 0.1) is 0 Å². The van der Waals surface area contributed by atoms with Gasteiger partial charge in [0.1, 0.15) is 0 Å². The van der Waals surface area contributed by atoms with Gasteiger partial charge in [-0.2, -0.15) is 13.2 Å². The Hall–Kier alpha value is -1.76. The fourth-order valence-corrected chi connectivity index (χ4v) is 2.12. The zero-order chi connectivity index (χ0) is 14.8. The van der Waals surface area contributed by atoms with Gasteiger partial charge in [0, 0.05) is 6.04 Å². The zero-order valence-electron chi connectivity index (χ0n) is 11.0. The second-order valence-corrected chi connectivity index (χ2v) is 4.71. The van der Waals surface area contributed by atoms with E-state index in [9.17, 15) is 18.0 Å². The number of fused-ring (bicyclic) bond motifs is 1. The standard InChI is InChI=1S/C13H16F3N3O/c1-2-5-17-11(7-13(14,15)16)8-3-4-9-10(6-8)19-12(20)18-9/h3-4,6,11,17H,2,5,7H2,1H3,(H2,18,19,20). The fraction of sp³-hybridized carbons (Fsp3) is 0.462. The molecule has 2 rings (SSSR count). The molecule has 1 aromatic carbocycles. The van der Waals surface area contributed by atoms with E-state index in [1.807, 2.05) is 6.92 Å². The Balaban J connectivity index is 2.31. The minimum absolute atomic E-state index is 0.369. The number of imidazole rings is 1. The van der Waals surface area contributed by atoms with Crippen LogP contribution in [0.3, 0.4) is 0 Å². The van der Waals surface area contributed by atoms with Gasteiger partial charge in [0.15, 0.2) is 0 Å². The van der Waals surface area contributed by atoms with Crippen LogP contribution in [-0.2, 0) is 0 Å². The number of benzene rings is 1. The molecule has 110 valence electrons. The van der Waals surface area contributed by atoms with Crippen molar-refractivity contribution in [3.05, 3.63) is 34.2 Å². The Morgan fingerprint density at radius 3 is 2.60 bits per heavy atom. The molecule has 0 amide bonds. The lowest BCUT2D eigenvalue weighted by molar-refractivity contribution is -0.140. The molecule has 0 spiro atoms. The molecule has 0 radical (unpaired) electrons. The molecule has 1 unspecified atom stereocenters. The Bertz CT molecular complexity index is 630. The highest BCUT2D eigenvalue weighted by Crippen LogP contribution is 2.30. The van der Waals surface area contributed by atoms with Crippen molar-refractivity contribution >= 4 is 11.0 Å². The van der Waals surface area contributed by atoms with Crippen LogP contribution in [0.2, 0.25) is 0 Å². The van der Waals surface area contributed by atoms with Crippen LogP contribution in [0.25, 0.3) is 11.0 Å². The quantitative estimate of drug-likeness (QED) is 0.792. The topological polar surface area (TPSA) is 60.7 Å². The van der Waals surface area contributed by atoms with Crippen molar-refractivity contribution in [3.8, 4) is 0 Å². The molecular weight excluding hydrogens is 271 g/mol. The maximum atomic E-state index is 12.6. The molecule has 7 heteroatoms. The van der Waals surface area contributed by atoms with Crippen LogP contribution in [0.5, 0.6) is 0 Å². The largest absolute Gasteiger partial charge is 0.390 e. The molecule has 0 saturated carbocycles. The van der Waals surface area contributed by atoms with E-state index < -0.39 is 18.6 Å². The summed E-state index contributed by atoms with van der Waals surface area (Å²) >= 11 is 0.